The van der Waals surface area contributed by atoms with Crippen LogP contribution in [-0.2, 0) is 19.5 Å². The van der Waals surface area contributed by atoms with Gasteiger partial charge >= 0.3 is 0 Å². The molecular formula is C17H22N2O. The molecule has 3 heteroatoms. The minimum absolute atomic E-state index is 0.0320. The fourth-order valence-corrected chi connectivity index (χ4v) is 2.52. The Kier molecular flexibility index (Phi) is 4.40. The Morgan fingerprint density at radius 1 is 1.15 bits per heavy atom. The molecule has 0 atom stereocenters. The van der Waals surface area contributed by atoms with Crippen LogP contribution in [0.5, 0.6) is 0 Å². The van der Waals surface area contributed by atoms with Gasteiger partial charge in [0.05, 0.1) is 5.69 Å². The van der Waals surface area contributed by atoms with Crippen molar-refractivity contribution in [3.05, 3.63) is 57.4 Å². The second-order valence-corrected chi connectivity index (χ2v) is 5.00. The minimum atomic E-state index is 0.0320. The van der Waals surface area contributed by atoms with Crippen LogP contribution in [0, 0.1) is 6.92 Å². The lowest BCUT2D eigenvalue weighted by molar-refractivity contribution is 0.719. The van der Waals surface area contributed by atoms with Crippen molar-refractivity contribution < 1.29 is 0 Å². The molecule has 20 heavy (non-hydrogen) atoms. The summed E-state index contributed by atoms with van der Waals surface area (Å²) in [7, 11) is 0. The van der Waals surface area contributed by atoms with E-state index in [0.717, 1.165) is 23.2 Å². The minimum Gasteiger partial charge on any atom is -0.326 e. The van der Waals surface area contributed by atoms with Gasteiger partial charge in [0, 0.05) is 18.7 Å². The molecule has 1 aromatic heterocycles. The maximum Gasteiger partial charge on any atom is 0.255 e. The zero-order valence-electron chi connectivity index (χ0n) is 12.4. The van der Waals surface area contributed by atoms with Gasteiger partial charge in [0.25, 0.3) is 5.56 Å². The van der Waals surface area contributed by atoms with E-state index in [1.54, 1.807) is 4.57 Å². The molecule has 0 aliphatic rings. The third kappa shape index (κ3) is 2.54. The molecule has 0 aliphatic heterocycles. The average molecular weight is 270 g/mol. The quantitative estimate of drug-likeness (QED) is 0.928. The first kappa shape index (κ1) is 14.5. The molecule has 0 spiro atoms. The molecule has 0 saturated heterocycles. The molecule has 0 unspecified atom stereocenters. The van der Waals surface area contributed by atoms with Gasteiger partial charge in [0.2, 0.25) is 0 Å². The van der Waals surface area contributed by atoms with E-state index >= 15 is 0 Å². The van der Waals surface area contributed by atoms with E-state index < -0.39 is 0 Å². The van der Waals surface area contributed by atoms with E-state index in [9.17, 15) is 4.79 Å². The van der Waals surface area contributed by atoms with Gasteiger partial charge in [-0.05, 0) is 43.0 Å². The maximum absolute atomic E-state index is 12.5. The van der Waals surface area contributed by atoms with E-state index in [1.165, 1.54) is 5.56 Å². The SMILES string of the molecule is CCc1ccc(-c2cc(C)c(CN)c(=O)n2CC)cc1. The summed E-state index contributed by atoms with van der Waals surface area (Å²) in [6.45, 7) is 7.02. The van der Waals surface area contributed by atoms with Crippen LogP contribution in [0.25, 0.3) is 11.3 Å². The van der Waals surface area contributed by atoms with Gasteiger partial charge in [0.15, 0.2) is 0 Å². The van der Waals surface area contributed by atoms with Crippen LogP contribution in [0.1, 0.15) is 30.5 Å². The molecule has 2 rings (SSSR count). The monoisotopic (exact) mass is 270 g/mol. The van der Waals surface area contributed by atoms with Crippen LogP contribution in [0.3, 0.4) is 0 Å². The van der Waals surface area contributed by atoms with Crippen LogP contribution < -0.4 is 11.3 Å². The fraction of sp³-hybridized carbons (Fsp3) is 0.353. The summed E-state index contributed by atoms with van der Waals surface area (Å²) in [5.41, 5.74) is 10.7. The maximum atomic E-state index is 12.5. The van der Waals surface area contributed by atoms with Gasteiger partial charge < -0.3 is 10.3 Å². The Labute approximate surface area is 120 Å². The van der Waals surface area contributed by atoms with Crippen LogP contribution in [-0.4, -0.2) is 4.57 Å². The Balaban J connectivity index is 2.63. The summed E-state index contributed by atoms with van der Waals surface area (Å²) >= 11 is 0. The van der Waals surface area contributed by atoms with Gasteiger partial charge in [0.1, 0.15) is 0 Å². The first-order valence-corrected chi connectivity index (χ1v) is 7.15. The summed E-state index contributed by atoms with van der Waals surface area (Å²) in [6, 6.07) is 10.5. The number of benzene rings is 1. The predicted octanol–water partition coefficient (Wildman–Crippen LogP) is 2.86. The number of hydrogen-bond donors (Lipinski definition) is 1. The predicted molar refractivity (Wildman–Crippen MR) is 83.8 cm³/mol. The average Bonchev–Trinajstić information content (AvgIpc) is 2.47. The van der Waals surface area contributed by atoms with E-state index in [1.807, 2.05) is 13.8 Å². The highest BCUT2D eigenvalue weighted by Crippen LogP contribution is 2.21. The zero-order valence-corrected chi connectivity index (χ0v) is 12.4. The number of pyridine rings is 1. The largest absolute Gasteiger partial charge is 0.326 e. The number of aryl methyl sites for hydroxylation is 2. The van der Waals surface area contributed by atoms with Crippen LogP contribution in [0.4, 0.5) is 0 Å². The third-order valence-electron chi connectivity index (χ3n) is 3.80. The van der Waals surface area contributed by atoms with Crippen molar-refractivity contribution in [3.63, 3.8) is 0 Å². The molecule has 0 saturated carbocycles. The van der Waals surface area contributed by atoms with E-state index in [4.69, 9.17) is 5.73 Å². The summed E-state index contributed by atoms with van der Waals surface area (Å²) in [5, 5.41) is 0. The first-order valence-electron chi connectivity index (χ1n) is 7.15. The molecule has 0 fully saturated rings. The van der Waals surface area contributed by atoms with E-state index in [2.05, 4.69) is 37.3 Å². The third-order valence-corrected chi connectivity index (χ3v) is 3.80. The van der Waals surface area contributed by atoms with Crippen LogP contribution in [0.15, 0.2) is 35.1 Å². The van der Waals surface area contributed by atoms with Gasteiger partial charge in [-0.1, -0.05) is 31.2 Å². The Hall–Kier alpha value is -1.87. The van der Waals surface area contributed by atoms with Gasteiger partial charge in [-0.15, -0.1) is 0 Å². The molecule has 2 N–H and O–H groups in total. The first-order chi connectivity index (χ1) is 9.62. The van der Waals surface area contributed by atoms with Crippen molar-refractivity contribution in [2.45, 2.75) is 40.3 Å². The molecule has 0 amide bonds. The molecule has 1 aromatic carbocycles. The van der Waals surface area contributed by atoms with E-state index in [0.29, 0.717) is 18.7 Å². The molecule has 0 radical (unpaired) electrons. The Bertz CT molecular complexity index is 654. The highest BCUT2D eigenvalue weighted by molar-refractivity contribution is 5.61. The second-order valence-electron chi connectivity index (χ2n) is 5.00. The standard InChI is InChI=1S/C17H22N2O/c1-4-13-6-8-14(9-7-13)16-10-12(3)15(11-18)17(20)19(16)5-2/h6-10H,4-5,11,18H2,1-3H3. The molecule has 2 aromatic rings. The molecule has 0 aliphatic carbocycles. The lowest BCUT2D eigenvalue weighted by Crippen LogP contribution is -2.27. The van der Waals surface area contributed by atoms with Crippen LogP contribution in [0.2, 0.25) is 0 Å². The van der Waals surface area contributed by atoms with Crippen molar-refractivity contribution in [2.24, 2.45) is 5.73 Å². The Morgan fingerprint density at radius 3 is 2.30 bits per heavy atom. The summed E-state index contributed by atoms with van der Waals surface area (Å²) < 4.78 is 1.80. The van der Waals surface area contributed by atoms with E-state index in [-0.39, 0.29) is 5.56 Å². The van der Waals surface area contributed by atoms with Gasteiger partial charge in [-0.2, -0.15) is 0 Å². The van der Waals surface area contributed by atoms with Gasteiger partial charge in [-0.25, -0.2) is 0 Å². The molecule has 3 nitrogen and oxygen atoms in total. The molecular weight excluding hydrogens is 248 g/mol. The Morgan fingerprint density at radius 2 is 1.80 bits per heavy atom. The lowest BCUT2D eigenvalue weighted by Gasteiger charge is -2.15. The normalized spacial score (nSPS) is 10.8. The summed E-state index contributed by atoms with van der Waals surface area (Å²) in [6.07, 6.45) is 1.02. The fourth-order valence-electron chi connectivity index (χ4n) is 2.52. The smallest absolute Gasteiger partial charge is 0.255 e. The highest BCUT2D eigenvalue weighted by Gasteiger charge is 2.11. The lowest BCUT2D eigenvalue weighted by atomic mass is 10.0. The van der Waals surface area contributed by atoms with Crippen molar-refractivity contribution >= 4 is 0 Å². The molecule has 0 bridgehead atoms. The number of nitrogens with zero attached hydrogens (tertiary/aromatic N) is 1. The summed E-state index contributed by atoms with van der Waals surface area (Å²) in [4.78, 5) is 12.5. The van der Waals surface area contributed by atoms with Crippen LogP contribution >= 0.6 is 0 Å². The van der Waals surface area contributed by atoms with Crippen molar-refractivity contribution in [1.29, 1.82) is 0 Å². The summed E-state index contributed by atoms with van der Waals surface area (Å²) in [5.74, 6) is 0. The number of nitrogens with two attached hydrogens (primary N) is 1. The zero-order chi connectivity index (χ0) is 14.7. The molecule has 106 valence electrons. The van der Waals surface area contributed by atoms with Crippen molar-refractivity contribution in [1.82, 2.24) is 4.57 Å². The number of aromatic nitrogens is 1. The number of rotatable bonds is 4. The van der Waals surface area contributed by atoms with Crippen molar-refractivity contribution in [2.75, 3.05) is 0 Å². The topological polar surface area (TPSA) is 48.0 Å². The van der Waals surface area contributed by atoms with Gasteiger partial charge in [-0.3, -0.25) is 4.79 Å². The van der Waals surface area contributed by atoms with Crippen molar-refractivity contribution in [3.8, 4) is 11.3 Å². The molecule has 1 heterocycles. The number of hydrogen-bond acceptors (Lipinski definition) is 2. The second kappa shape index (κ2) is 6.06. The highest BCUT2D eigenvalue weighted by atomic mass is 16.1.